The summed E-state index contributed by atoms with van der Waals surface area (Å²) in [6.45, 7) is 1.53. The van der Waals surface area contributed by atoms with Gasteiger partial charge in [0.1, 0.15) is 30.0 Å². The number of benzene rings is 2. The minimum absolute atomic E-state index is 0.0263. The van der Waals surface area contributed by atoms with Crippen LogP contribution in [0.25, 0.3) is 0 Å². The molecular formula is C21H24FN3O5S2. The average Bonchev–Trinajstić information content (AvgIpc) is 3.18. The summed E-state index contributed by atoms with van der Waals surface area (Å²) in [5, 5.41) is 0. The number of halogens is 1. The van der Waals surface area contributed by atoms with E-state index in [9.17, 15) is 21.2 Å². The van der Waals surface area contributed by atoms with Crippen molar-refractivity contribution < 1.29 is 26.0 Å². The van der Waals surface area contributed by atoms with Gasteiger partial charge in [-0.05, 0) is 42.0 Å². The molecule has 1 heterocycles. The van der Waals surface area contributed by atoms with Crippen molar-refractivity contribution in [2.24, 2.45) is 7.05 Å². The number of imidazole rings is 1. The predicted molar refractivity (Wildman–Crippen MR) is 118 cm³/mol. The molecule has 2 aromatic carbocycles. The SMILES string of the molecule is CCS(=O)(=O)CCOc1ccc(S(=O)(=O)NC(c2cccc(F)c2)c2nccn2C)cc1. The first-order valence-electron chi connectivity index (χ1n) is 9.79. The third kappa shape index (κ3) is 5.93. The monoisotopic (exact) mass is 481 g/mol. The van der Waals surface area contributed by atoms with Gasteiger partial charge in [-0.15, -0.1) is 0 Å². The molecule has 3 rings (SSSR count). The fraction of sp³-hybridized carbons (Fsp3) is 0.286. The Morgan fingerprint density at radius 3 is 2.44 bits per heavy atom. The minimum atomic E-state index is -4.00. The molecule has 8 nitrogen and oxygen atoms in total. The summed E-state index contributed by atoms with van der Waals surface area (Å²) in [6.07, 6.45) is 3.20. The maximum absolute atomic E-state index is 13.8. The van der Waals surface area contributed by atoms with Crippen molar-refractivity contribution in [3.8, 4) is 5.75 Å². The summed E-state index contributed by atoms with van der Waals surface area (Å²) in [5.41, 5.74) is 0.403. The Hall–Kier alpha value is -2.76. The number of nitrogens with one attached hydrogen (secondary N) is 1. The number of hydrogen-bond donors (Lipinski definition) is 1. The van der Waals surface area contributed by atoms with E-state index in [0.29, 0.717) is 17.1 Å². The highest BCUT2D eigenvalue weighted by molar-refractivity contribution is 7.91. The number of aromatic nitrogens is 2. The van der Waals surface area contributed by atoms with Gasteiger partial charge in [0.2, 0.25) is 10.0 Å². The van der Waals surface area contributed by atoms with E-state index in [1.54, 1.807) is 30.8 Å². The molecule has 0 aliphatic carbocycles. The van der Waals surface area contributed by atoms with Gasteiger partial charge < -0.3 is 9.30 Å². The van der Waals surface area contributed by atoms with Crippen molar-refractivity contribution >= 4 is 19.9 Å². The first-order valence-corrected chi connectivity index (χ1v) is 13.1. The van der Waals surface area contributed by atoms with Crippen LogP contribution in [0.3, 0.4) is 0 Å². The van der Waals surface area contributed by atoms with Gasteiger partial charge in [0.15, 0.2) is 9.84 Å². The first-order chi connectivity index (χ1) is 15.1. The fourth-order valence-electron chi connectivity index (χ4n) is 2.98. The lowest BCUT2D eigenvalue weighted by Gasteiger charge is -2.19. The highest BCUT2D eigenvalue weighted by Crippen LogP contribution is 2.25. The number of nitrogens with zero attached hydrogens (tertiary/aromatic N) is 2. The van der Waals surface area contributed by atoms with Crippen molar-refractivity contribution in [3.05, 3.63) is 78.1 Å². The molecule has 1 aromatic heterocycles. The maximum atomic E-state index is 13.8. The van der Waals surface area contributed by atoms with E-state index >= 15 is 0 Å². The van der Waals surface area contributed by atoms with Crippen LogP contribution in [0.4, 0.5) is 4.39 Å². The minimum Gasteiger partial charge on any atom is -0.493 e. The Balaban J connectivity index is 1.80. The van der Waals surface area contributed by atoms with Crippen molar-refractivity contribution in [1.29, 1.82) is 0 Å². The van der Waals surface area contributed by atoms with Crippen molar-refractivity contribution in [2.45, 2.75) is 17.9 Å². The quantitative estimate of drug-likeness (QED) is 0.477. The second-order valence-corrected chi connectivity index (χ2v) is 11.2. The number of sulfone groups is 1. The number of sulfonamides is 1. The molecule has 0 aliphatic heterocycles. The number of hydrogen-bond acceptors (Lipinski definition) is 6. The van der Waals surface area contributed by atoms with Crippen LogP contribution in [0.5, 0.6) is 5.75 Å². The normalized spacial score (nSPS) is 13.1. The van der Waals surface area contributed by atoms with Crippen LogP contribution < -0.4 is 9.46 Å². The second kappa shape index (κ2) is 9.80. The van der Waals surface area contributed by atoms with E-state index in [-0.39, 0.29) is 23.0 Å². The van der Waals surface area contributed by atoms with Crippen LogP contribution in [-0.2, 0) is 26.9 Å². The molecule has 0 spiro atoms. The molecule has 3 aromatic rings. The molecule has 0 bridgehead atoms. The summed E-state index contributed by atoms with van der Waals surface area (Å²) < 4.78 is 72.6. The Labute approximate surface area is 187 Å². The van der Waals surface area contributed by atoms with Crippen molar-refractivity contribution in [2.75, 3.05) is 18.1 Å². The molecule has 0 fully saturated rings. The standard InChI is InChI=1S/C21H24FN3O5S2/c1-3-31(26,27)14-13-30-18-7-9-19(10-8-18)32(28,29)24-20(21-23-11-12-25(21)2)16-5-4-6-17(22)15-16/h4-12,15,20,24H,3,13-14H2,1-2H3. The Morgan fingerprint density at radius 2 is 1.84 bits per heavy atom. The molecule has 172 valence electrons. The second-order valence-electron chi connectivity index (χ2n) is 7.06. The van der Waals surface area contributed by atoms with Gasteiger partial charge >= 0.3 is 0 Å². The molecule has 0 saturated carbocycles. The lowest BCUT2D eigenvalue weighted by Crippen LogP contribution is -2.31. The van der Waals surface area contributed by atoms with E-state index in [2.05, 4.69) is 9.71 Å². The smallest absolute Gasteiger partial charge is 0.241 e. The van der Waals surface area contributed by atoms with Gasteiger partial charge in [-0.3, -0.25) is 0 Å². The zero-order chi connectivity index (χ0) is 23.4. The Bertz CT molecular complexity index is 1270. The highest BCUT2D eigenvalue weighted by atomic mass is 32.2. The zero-order valence-corrected chi connectivity index (χ0v) is 19.2. The first kappa shape index (κ1) is 23.9. The number of aryl methyl sites for hydroxylation is 1. The summed E-state index contributed by atoms with van der Waals surface area (Å²) in [7, 11) is -5.44. The van der Waals surface area contributed by atoms with Crippen LogP contribution in [0.1, 0.15) is 24.4 Å². The topological polar surface area (TPSA) is 107 Å². The molecule has 11 heteroatoms. The lowest BCUT2D eigenvalue weighted by molar-refractivity contribution is 0.340. The van der Waals surface area contributed by atoms with Crippen molar-refractivity contribution in [3.63, 3.8) is 0 Å². The predicted octanol–water partition coefficient (Wildman–Crippen LogP) is 2.44. The summed E-state index contributed by atoms with van der Waals surface area (Å²) >= 11 is 0. The van der Waals surface area contributed by atoms with E-state index in [1.165, 1.54) is 48.7 Å². The lowest BCUT2D eigenvalue weighted by atomic mass is 10.1. The molecule has 0 amide bonds. The molecule has 0 saturated heterocycles. The van der Waals surface area contributed by atoms with E-state index in [1.807, 2.05) is 0 Å². The van der Waals surface area contributed by atoms with Gasteiger partial charge in [-0.25, -0.2) is 26.2 Å². The van der Waals surface area contributed by atoms with E-state index < -0.39 is 31.7 Å². The molecule has 32 heavy (non-hydrogen) atoms. The highest BCUT2D eigenvalue weighted by Gasteiger charge is 2.26. The van der Waals surface area contributed by atoms with Crippen LogP contribution in [-0.4, -0.2) is 44.5 Å². The van der Waals surface area contributed by atoms with Gasteiger partial charge in [-0.1, -0.05) is 19.1 Å². The van der Waals surface area contributed by atoms with Crippen molar-refractivity contribution in [1.82, 2.24) is 14.3 Å². The molecular weight excluding hydrogens is 457 g/mol. The van der Waals surface area contributed by atoms with E-state index in [0.717, 1.165) is 0 Å². The van der Waals surface area contributed by atoms with Crippen LogP contribution in [0.2, 0.25) is 0 Å². The summed E-state index contributed by atoms with van der Waals surface area (Å²) in [4.78, 5) is 4.19. The largest absolute Gasteiger partial charge is 0.493 e. The molecule has 0 aliphatic rings. The zero-order valence-electron chi connectivity index (χ0n) is 17.6. The molecule has 1 N–H and O–H groups in total. The third-order valence-electron chi connectivity index (χ3n) is 4.81. The number of ether oxygens (including phenoxy) is 1. The number of rotatable bonds is 10. The molecule has 1 unspecified atom stereocenters. The Kier molecular flexibility index (Phi) is 7.32. The van der Waals surface area contributed by atoms with Gasteiger partial charge in [0.05, 0.1) is 10.6 Å². The van der Waals surface area contributed by atoms with Gasteiger partial charge in [0, 0.05) is 25.2 Å². The molecule has 1 atom stereocenters. The summed E-state index contributed by atoms with van der Waals surface area (Å²) in [5.74, 6) is 0.163. The van der Waals surface area contributed by atoms with Crippen LogP contribution >= 0.6 is 0 Å². The third-order valence-corrected chi connectivity index (χ3v) is 7.92. The Morgan fingerprint density at radius 1 is 1.12 bits per heavy atom. The average molecular weight is 482 g/mol. The fourth-order valence-corrected chi connectivity index (χ4v) is 4.79. The van der Waals surface area contributed by atoms with Crippen LogP contribution in [0.15, 0.2) is 65.8 Å². The van der Waals surface area contributed by atoms with Gasteiger partial charge in [-0.2, -0.15) is 4.72 Å². The summed E-state index contributed by atoms with van der Waals surface area (Å²) in [6, 6.07) is 10.3. The van der Waals surface area contributed by atoms with E-state index in [4.69, 9.17) is 4.74 Å². The van der Waals surface area contributed by atoms with Gasteiger partial charge in [0.25, 0.3) is 0 Å². The molecule has 0 radical (unpaired) electrons. The van der Waals surface area contributed by atoms with Crippen LogP contribution in [0, 0.1) is 5.82 Å². The maximum Gasteiger partial charge on any atom is 0.241 e.